The number of likely N-dealkylation sites (N-methyl/N-ethyl adjacent to an activating group) is 1. The first kappa shape index (κ1) is 19.4. The molecule has 1 amide bonds. The first-order chi connectivity index (χ1) is 9.96. The average Bonchev–Trinajstić information content (AvgIpc) is 2.48. The van der Waals surface area contributed by atoms with Gasteiger partial charge < -0.3 is 10.6 Å². The molecule has 3 nitrogen and oxygen atoms in total. The van der Waals surface area contributed by atoms with Crippen molar-refractivity contribution in [1.82, 2.24) is 4.90 Å². The molecule has 2 N–H and O–H groups in total. The van der Waals surface area contributed by atoms with Gasteiger partial charge in [0.1, 0.15) is 5.82 Å². The third-order valence-electron chi connectivity index (χ3n) is 4.21. The number of carbonyl (C=O) groups excluding carboxylic acids is 1. The molecule has 0 atom stereocenters. The highest BCUT2D eigenvalue weighted by atomic mass is 79.9. The van der Waals surface area contributed by atoms with Crippen LogP contribution in [-0.4, -0.2) is 22.9 Å². The number of nitrogens with two attached hydrogens (primary N) is 1. The van der Waals surface area contributed by atoms with Crippen LogP contribution in [0.25, 0.3) is 0 Å². The Hall–Kier alpha value is -0.650. The lowest BCUT2D eigenvalue weighted by molar-refractivity contribution is -0.138. The first-order valence-corrected chi connectivity index (χ1v) is 8.28. The van der Waals surface area contributed by atoms with Crippen LogP contribution in [0.1, 0.15) is 44.6 Å². The number of rotatable bonds is 4. The van der Waals surface area contributed by atoms with Gasteiger partial charge in [-0.3, -0.25) is 4.79 Å². The third kappa shape index (κ3) is 4.43. The van der Waals surface area contributed by atoms with Gasteiger partial charge in [0.25, 0.3) is 0 Å². The normalized spacial score (nSPS) is 16.7. The molecule has 0 spiro atoms. The van der Waals surface area contributed by atoms with Crippen LogP contribution in [-0.2, 0) is 11.3 Å². The molecule has 2 rings (SSSR count). The fourth-order valence-electron chi connectivity index (χ4n) is 2.91. The van der Waals surface area contributed by atoms with Crippen molar-refractivity contribution in [2.45, 2.75) is 51.1 Å². The summed E-state index contributed by atoms with van der Waals surface area (Å²) in [6.07, 6.45) is 4.57. The quantitative estimate of drug-likeness (QED) is 0.840. The Morgan fingerprint density at radius 2 is 2.00 bits per heavy atom. The minimum absolute atomic E-state index is 0. The SMILES string of the molecule is CCN(Cc1cc(Br)ccc1F)C(=O)C1(N)CCCCC1.Cl. The lowest BCUT2D eigenvalue weighted by atomic mass is 9.81. The van der Waals surface area contributed by atoms with Gasteiger partial charge in [0.2, 0.25) is 5.91 Å². The van der Waals surface area contributed by atoms with Crippen molar-refractivity contribution in [3.05, 3.63) is 34.1 Å². The Morgan fingerprint density at radius 3 is 2.59 bits per heavy atom. The predicted molar refractivity (Wildman–Crippen MR) is 92.4 cm³/mol. The lowest BCUT2D eigenvalue weighted by Crippen LogP contribution is -2.56. The highest BCUT2D eigenvalue weighted by Gasteiger charge is 2.38. The summed E-state index contributed by atoms with van der Waals surface area (Å²) in [5.74, 6) is -0.344. The number of nitrogens with zero attached hydrogens (tertiary/aromatic N) is 1. The van der Waals surface area contributed by atoms with Crippen LogP contribution in [0.3, 0.4) is 0 Å². The summed E-state index contributed by atoms with van der Waals surface area (Å²) in [6.45, 7) is 2.70. The molecule has 0 bridgehead atoms. The Morgan fingerprint density at radius 1 is 1.36 bits per heavy atom. The molecule has 22 heavy (non-hydrogen) atoms. The van der Waals surface area contributed by atoms with Gasteiger partial charge in [-0.2, -0.15) is 0 Å². The summed E-state index contributed by atoms with van der Waals surface area (Å²) < 4.78 is 14.7. The van der Waals surface area contributed by atoms with E-state index < -0.39 is 5.54 Å². The summed E-state index contributed by atoms with van der Waals surface area (Å²) in [4.78, 5) is 14.4. The standard InChI is InChI=1S/C16H22BrFN2O.ClH/c1-2-20(11-12-10-13(17)6-7-14(12)18)15(21)16(19)8-4-3-5-9-16;/h6-7,10H,2-5,8-9,11,19H2,1H3;1H. The molecule has 0 radical (unpaired) electrons. The predicted octanol–water partition coefficient (Wildman–Crippen LogP) is 4.02. The second-order valence-electron chi connectivity index (χ2n) is 5.77. The molecule has 1 fully saturated rings. The minimum atomic E-state index is -0.767. The van der Waals surface area contributed by atoms with Crippen molar-refractivity contribution in [2.75, 3.05) is 6.54 Å². The second kappa shape index (κ2) is 8.27. The van der Waals surface area contributed by atoms with Gasteiger partial charge in [-0.1, -0.05) is 35.2 Å². The number of benzene rings is 1. The van der Waals surface area contributed by atoms with E-state index >= 15 is 0 Å². The van der Waals surface area contributed by atoms with E-state index in [1.54, 1.807) is 17.0 Å². The van der Waals surface area contributed by atoms with Crippen LogP contribution in [0.5, 0.6) is 0 Å². The van der Waals surface area contributed by atoms with E-state index in [0.717, 1.165) is 36.6 Å². The first-order valence-electron chi connectivity index (χ1n) is 7.48. The van der Waals surface area contributed by atoms with Crippen molar-refractivity contribution >= 4 is 34.2 Å². The molecular weight excluding hydrogens is 371 g/mol. The third-order valence-corrected chi connectivity index (χ3v) is 4.70. The van der Waals surface area contributed by atoms with Crippen molar-refractivity contribution in [1.29, 1.82) is 0 Å². The monoisotopic (exact) mass is 392 g/mol. The highest BCUT2D eigenvalue weighted by Crippen LogP contribution is 2.28. The second-order valence-corrected chi connectivity index (χ2v) is 6.69. The number of halogens is 3. The molecule has 1 aliphatic rings. The molecule has 1 saturated carbocycles. The largest absolute Gasteiger partial charge is 0.337 e. The maximum absolute atomic E-state index is 13.9. The topological polar surface area (TPSA) is 46.3 Å². The van der Waals surface area contributed by atoms with Gasteiger partial charge >= 0.3 is 0 Å². The Bertz CT molecular complexity index is 521. The minimum Gasteiger partial charge on any atom is -0.337 e. The van der Waals surface area contributed by atoms with E-state index in [-0.39, 0.29) is 30.7 Å². The maximum atomic E-state index is 13.9. The van der Waals surface area contributed by atoms with Crippen LogP contribution in [0.15, 0.2) is 22.7 Å². The number of hydrogen-bond donors (Lipinski definition) is 1. The zero-order valence-corrected chi connectivity index (χ0v) is 15.2. The number of carbonyl (C=O) groups is 1. The van der Waals surface area contributed by atoms with Crippen molar-refractivity contribution in [3.63, 3.8) is 0 Å². The van der Waals surface area contributed by atoms with E-state index in [2.05, 4.69) is 15.9 Å². The van der Waals surface area contributed by atoms with E-state index in [4.69, 9.17) is 5.73 Å². The summed E-state index contributed by atoms with van der Waals surface area (Å²) >= 11 is 3.34. The molecule has 0 unspecified atom stereocenters. The van der Waals surface area contributed by atoms with E-state index in [1.165, 1.54) is 6.07 Å². The smallest absolute Gasteiger partial charge is 0.242 e. The molecule has 1 aromatic carbocycles. The fraction of sp³-hybridized carbons (Fsp3) is 0.562. The molecule has 124 valence electrons. The molecule has 0 aliphatic heterocycles. The van der Waals surface area contributed by atoms with Crippen LogP contribution in [0.2, 0.25) is 0 Å². The molecular formula is C16H23BrClFN2O. The van der Waals surface area contributed by atoms with Gasteiger partial charge in [0.15, 0.2) is 0 Å². The average molecular weight is 394 g/mol. The molecule has 0 saturated heterocycles. The summed E-state index contributed by atoms with van der Waals surface area (Å²) in [6, 6.07) is 4.79. The summed E-state index contributed by atoms with van der Waals surface area (Å²) in [5.41, 5.74) is 6.05. The van der Waals surface area contributed by atoms with Gasteiger partial charge in [0, 0.05) is 23.1 Å². The van der Waals surface area contributed by atoms with Crippen LogP contribution < -0.4 is 5.73 Å². The molecule has 0 heterocycles. The number of hydrogen-bond acceptors (Lipinski definition) is 2. The molecule has 0 aromatic heterocycles. The van der Waals surface area contributed by atoms with Crippen molar-refractivity contribution in [3.8, 4) is 0 Å². The van der Waals surface area contributed by atoms with Crippen LogP contribution in [0.4, 0.5) is 4.39 Å². The molecule has 1 aliphatic carbocycles. The zero-order valence-electron chi connectivity index (χ0n) is 12.8. The van der Waals surface area contributed by atoms with Gasteiger partial charge in [0.05, 0.1) is 5.54 Å². The fourth-order valence-corrected chi connectivity index (χ4v) is 3.32. The van der Waals surface area contributed by atoms with Crippen LogP contribution in [0, 0.1) is 5.82 Å². The Kier molecular flexibility index (Phi) is 7.29. The molecule has 6 heteroatoms. The van der Waals surface area contributed by atoms with E-state index in [9.17, 15) is 9.18 Å². The zero-order chi connectivity index (χ0) is 15.5. The summed E-state index contributed by atoms with van der Waals surface area (Å²) in [7, 11) is 0. The van der Waals surface area contributed by atoms with Crippen molar-refractivity contribution < 1.29 is 9.18 Å². The van der Waals surface area contributed by atoms with E-state index in [1.807, 2.05) is 6.92 Å². The Labute approximate surface area is 146 Å². The number of amides is 1. The van der Waals surface area contributed by atoms with E-state index in [0.29, 0.717) is 12.1 Å². The van der Waals surface area contributed by atoms with Gasteiger partial charge in [-0.25, -0.2) is 4.39 Å². The Balaban J connectivity index is 0.00000242. The summed E-state index contributed by atoms with van der Waals surface area (Å²) in [5, 5.41) is 0. The van der Waals surface area contributed by atoms with Crippen LogP contribution >= 0.6 is 28.3 Å². The lowest BCUT2D eigenvalue weighted by Gasteiger charge is -2.36. The maximum Gasteiger partial charge on any atom is 0.242 e. The van der Waals surface area contributed by atoms with Gasteiger partial charge in [-0.05, 0) is 38.0 Å². The highest BCUT2D eigenvalue weighted by molar-refractivity contribution is 9.10. The van der Waals surface area contributed by atoms with Gasteiger partial charge in [-0.15, -0.1) is 12.4 Å². The van der Waals surface area contributed by atoms with Crippen molar-refractivity contribution in [2.24, 2.45) is 5.73 Å². The molecule has 1 aromatic rings.